The Morgan fingerprint density at radius 1 is 1.21 bits per heavy atom. The monoisotopic (exact) mass is 274 g/mol. The average Bonchev–Trinajstić information content (AvgIpc) is 2.42. The van der Waals surface area contributed by atoms with Crippen molar-refractivity contribution in [3.05, 3.63) is 65.4 Å². The average molecular weight is 275 g/mol. The van der Waals surface area contributed by atoms with Gasteiger partial charge in [-0.3, -0.25) is 4.79 Å². The number of hydrogen-bond donors (Lipinski definition) is 1. The Morgan fingerprint density at radius 3 is 2.68 bits per heavy atom. The van der Waals surface area contributed by atoms with Gasteiger partial charge in [0.15, 0.2) is 12.4 Å². The van der Waals surface area contributed by atoms with Crippen LogP contribution in [-0.4, -0.2) is 12.1 Å². The lowest BCUT2D eigenvalue weighted by Gasteiger charge is -1.98. The van der Waals surface area contributed by atoms with Crippen molar-refractivity contribution in [3.8, 4) is 0 Å². The van der Waals surface area contributed by atoms with Crippen molar-refractivity contribution >= 4 is 23.7 Å². The van der Waals surface area contributed by atoms with Crippen LogP contribution in [0.1, 0.15) is 5.56 Å². The molecular formula is C14H13ClN3O+. The van der Waals surface area contributed by atoms with Crippen LogP contribution in [-0.2, 0) is 11.3 Å². The number of hydrogen-bond acceptors (Lipinski definition) is 2. The van der Waals surface area contributed by atoms with E-state index in [0.717, 1.165) is 5.56 Å². The lowest BCUT2D eigenvalue weighted by molar-refractivity contribution is -0.684. The summed E-state index contributed by atoms with van der Waals surface area (Å²) < 4.78 is 1.76. The van der Waals surface area contributed by atoms with E-state index in [1.807, 2.05) is 48.8 Å². The maximum absolute atomic E-state index is 11.6. The maximum atomic E-state index is 11.6. The number of nitrogens with one attached hydrogen (secondary N) is 1. The van der Waals surface area contributed by atoms with E-state index in [1.54, 1.807) is 10.6 Å². The normalized spacial score (nSPS) is 10.6. The molecule has 4 nitrogen and oxygen atoms in total. The summed E-state index contributed by atoms with van der Waals surface area (Å²) in [5, 5.41) is 4.47. The number of carbonyl (C=O) groups is 1. The number of amides is 1. The molecule has 2 rings (SSSR count). The number of aromatic nitrogens is 1. The quantitative estimate of drug-likeness (QED) is 0.516. The molecule has 1 amide bonds. The molecule has 0 saturated heterocycles. The molecule has 0 unspecified atom stereocenters. The molecule has 1 aromatic heterocycles. The molecule has 0 bridgehead atoms. The van der Waals surface area contributed by atoms with Gasteiger partial charge in [-0.15, -0.1) is 0 Å². The van der Waals surface area contributed by atoms with Gasteiger partial charge in [0.05, 0.1) is 6.21 Å². The van der Waals surface area contributed by atoms with Crippen LogP contribution in [0, 0.1) is 0 Å². The second-order valence-corrected chi connectivity index (χ2v) is 4.27. The first-order chi connectivity index (χ1) is 9.25. The van der Waals surface area contributed by atoms with Gasteiger partial charge in [-0.05, 0) is 6.07 Å². The lowest BCUT2D eigenvalue weighted by Crippen LogP contribution is -2.40. The Labute approximate surface area is 116 Å². The summed E-state index contributed by atoms with van der Waals surface area (Å²) in [5.74, 6) is -0.195. The Balaban J connectivity index is 1.89. The van der Waals surface area contributed by atoms with Crippen LogP contribution in [0.4, 0.5) is 0 Å². The van der Waals surface area contributed by atoms with Crippen LogP contribution in [0.15, 0.2) is 60.0 Å². The van der Waals surface area contributed by atoms with Crippen molar-refractivity contribution in [2.45, 2.75) is 6.54 Å². The highest BCUT2D eigenvalue weighted by Crippen LogP contribution is 2.11. The van der Waals surface area contributed by atoms with E-state index < -0.39 is 0 Å². The molecule has 2 aromatic rings. The molecule has 5 heteroatoms. The molecule has 19 heavy (non-hydrogen) atoms. The minimum atomic E-state index is -0.195. The third kappa shape index (κ3) is 4.19. The summed E-state index contributed by atoms with van der Waals surface area (Å²) in [7, 11) is 0. The largest absolute Gasteiger partial charge is 0.305 e. The Hall–Kier alpha value is -2.20. The van der Waals surface area contributed by atoms with Gasteiger partial charge in [0, 0.05) is 22.7 Å². The topological polar surface area (TPSA) is 45.3 Å². The molecule has 1 N–H and O–H groups in total. The predicted molar refractivity (Wildman–Crippen MR) is 73.8 cm³/mol. The number of nitrogens with zero attached hydrogens (tertiary/aromatic N) is 2. The number of hydrazone groups is 1. The van der Waals surface area contributed by atoms with Crippen LogP contribution in [0.25, 0.3) is 0 Å². The summed E-state index contributed by atoms with van der Waals surface area (Å²) in [5.41, 5.74) is 3.22. The second kappa shape index (κ2) is 6.66. The number of benzene rings is 1. The summed E-state index contributed by atoms with van der Waals surface area (Å²) in [6.45, 7) is 0.223. The minimum Gasteiger partial charge on any atom is -0.266 e. The first-order valence-electron chi connectivity index (χ1n) is 5.76. The SMILES string of the molecule is O=C(C[n+]1ccccc1)N/N=C/c1ccccc1Cl. The number of pyridine rings is 1. The number of carbonyl (C=O) groups excluding carboxylic acids is 1. The molecular weight excluding hydrogens is 262 g/mol. The standard InChI is InChI=1S/C14H12ClN3O/c15-13-7-3-2-6-12(13)10-16-17-14(19)11-18-8-4-1-5-9-18/h1-10H,11H2/p+1/b16-10+. The van der Waals surface area contributed by atoms with Gasteiger partial charge in [0.1, 0.15) is 0 Å². The van der Waals surface area contributed by atoms with E-state index in [9.17, 15) is 4.79 Å². The third-order valence-corrected chi connectivity index (χ3v) is 2.75. The summed E-state index contributed by atoms with van der Waals surface area (Å²) in [6, 6.07) is 12.9. The van der Waals surface area contributed by atoms with E-state index >= 15 is 0 Å². The van der Waals surface area contributed by atoms with Crippen molar-refractivity contribution in [2.75, 3.05) is 0 Å². The molecule has 0 aliphatic rings. The maximum Gasteiger partial charge on any atom is 0.305 e. The fourth-order valence-electron chi connectivity index (χ4n) is 1.49. The van der Waals surface area contributed by atoms with Crippen molar-refractivity contribution in [2.24, 2.45) is 5.10 Å². The summed E-state index contributed by atoms with van der Waals surface area (Å²) in [6.07, 6.45) is 5.16. The van der Waals surface area contributed by atoms with Crippen molar-refractivity contribution in [3.63, 3.8) is 0 Å². The fraction of sp³-hybridized carbons (Fsp3) is 0.0714. The first kappa shape index (κ1) is 13.2. The van der Waals surface area contributed by atoms with Gasteiger partial charge in [0.25, 0.3) is 0 Å². The Morgan fingerprint density at radius 2 is 1.95 bits per heavy atom. The summed E-state index contributed by atoms with van der Waals surface area (Å²) in [4.78, 5) is 11.6. The van der Waals surface area contributed by atoms with E-state index in [4.69, 9.17) is 11.6 Å². The van der Waals surface area contributed by atoms with Crippen LogP contribution < -0.4 is 9.99 Å². The van der Waals surface area contributed by atoms with Crippen molar-refractivity contribution in [1.29, 1.82) is 0 Å². The van der Waals surface area contributed by atoms with Crippen LogP contribution in [0.3, 0.4) is 0 Å². The first-order valence-corrected chi connectivity index (χ1v) is 6.14. The molecule has 1 aromatic carbocycles. The fourth-order valence-corrected chi connectivity index (χ4v) is 1.68. The molecule has 0 aliphatic heterocycles. The van der Waals surface area contributed by atoms with Gasteiger partial charge < -0.3 is 0 Å². The highest BCUT2D eigenvalue weighted by molar-refractivity contribution is 6.33. The molecule has 1 heterocycles. The minimum absolute atomic E-state index is 0.195. The molecule has 0 fully saturated rings. The van der Waals surface area contributed by atoms with Gasteiger partial charge in [0.2, 0.25) is 6.54 Å². The lowest BCUT2D eigenvalue weighted by atomic mass is 10.2. The highest BCUT2D eigenvalue weighted by Gasteiger charge is 2.06. The number of halogens is 1. The molecule has 0 saturated carbocycles. The predicted octanol–water partition coefficient (Wildman–Crippen LogP) is 1.78. The second-order valence-electron chi connectivity index (χ2n) is 3.86. The summed E-state index contributed by atoms with van der Waals surface area (Å²) >= 11 is 5.96. The highest BCUT2D eigenvalue weighted by atomic mass is 35.5. The molecule has 96 valence electrons. The third-order valence-electron chi connectivity index (χ3n) is 2.40. The molecule has 0 aliphatic carbocycles. The van der Waals surface area contributed by atoms with Crippen LogP contribution >= 0.6 is 11.6 Å². The van der Waals surface area contributed by atoms with Crippen molar-refractivity contribution < 1.29 is 9.36 Å². The molecule has 0 spiro atoms. The van der Waals surface area contributed by atoms with Gasteiger partial charge in [-0.25, -0.2) is 5.43 Å². The van der Waals surface area contributed by atoms with E-state index in [-0.39, 0.29) is 12.5 Å². The van der Waals surface area contributed by atoms with Crippen LogP contribution in [0.5, 0.6) is 0 Å². The number of rotatable bonds is 4. The van der Waals surface area contributed by atoms with Crippen molar-refractivity contribution in [1.82, 2.24) is 5.43 Å². The van der Waals surface area contributed by atoms with Crippen LogP contribution in [0.2, 0.25) is 5.02 Å². The van der Waals surface area contributed by atoms with Gasteiger partial charge in [-0.2, -0.15) is 9.67 Å². The smallest absolute Gasteiger partial charge is 0.266 e. The zero-order valence-corrected chi connectivity index (χ0v) is 10.9. The van der Waals surface area contributed by atoms with E-state index in [0.29, 0.717) is 5.02 Å². The Kier molecular flexibility index (Phi) is 4.64. The van der Waals surface area contributed by atoms with E-state index in [2.05, 4.69) is 10.5 Å². The van der Waals surface area contributed by atoms with E-state index in [1.165, 1.54) is 6.21 Å². The zero-order valence-electron chi connectivity index (χ0n) is 10.2. The van der Waals surface area contributed by atoms with Gasteiger partial charge in [-0.1, -0.05) is 35.9 Å². The molecule has 0 atom stereocenters. The zero-order chi connectivity index (χ0) is 13.5. The van der Waals surface area contributed by atoms with Gasteiger partial charge >= 0.3 is 5.91 Å². The molecule has 0 radical (unpaired) electrons. The Bertz CT molecular complexity index is 584.